The molecule has 1 aliphatic rings. The van der Waals surface area contributed by atoms with Gasteiger partial charge in [0.2, 0.25) is 10.0 Å². The minimum atomic E-state index is -3.14. The van der Waals surface area contributed by atoms with Gasteiger partial charge in [0.15, 0.2) is 0 Å². The molecule has 1 aliphatic heterocycles. The third-order valence-corrected chi connectivity index (χ3v) is 5.72. The zero-order valence-corrected chi connectivity index (χ0v) is 14.2. The highest BCUT2D eigenvalue weighted by molar-refractivity contribution is 9.10. The summed E-state index contributed by atoms with van der Waals surface area (Å²) in [6.07, 6.45) is 1.22. The SMILES string of the molecule is CS(=O)(=O)N1CCN(C(CN)c2ccc(F)cc2Br)CC1. The van der Waals surface area contributed by atoms with Crippen molar-refractivity contribution in [2.24, 2.45) is 5.73 Å². The Morgan fingerprint density at radius 3 is 2.43 bits per heavy atom. The van der Waals surface area contributed by atoms with E-state index in [4.69, 9.17) is 5.73 Å². The van der Waals surface area contributed by atoms with E-state index >= 15 is 0 Å². The Balaban J connectivity index is 2.13. The van der Waals surface area contributed by atoms with Crippen LogP contribution in [0.1, 0.15) is 11.6 Å². The van der Waals surface area contributed by atoms with Crippen molar-refractivity contribution in [2.75, 3.05) is 39.0 Å². The number of hydrogen-bond acceptors (Lipinski definition) is 4. The van der Waals surface area contributed by atoms with E-state index < -0.39 is 10.0 Å². The fourth-order valence-electron chi connectivity index (χ4n) is 2.59. The van der Waals surface area contributed by atoms with Crippen molar-refractivity contribution in [3.63, 3.8) is 0 Å². The van der Waals surface area contributed by atoms with Crippen molar-refractivity contribution in [1.29, 1.82) is 0 Å². The molecule has 2 N–H and O–H groups in total. The van der Waals surface area contributed by atoms with Crippen LogP contribution in [0, 0.1) is 5.82 Å². The lowest BCUT2D eigenvalue weighted by atomic mass is 10.0. The lowest BCUT2D eigenvalue weighted by Crippen LogP contribution is -2.50. The molecule has 1 fully saturated rings. The number of hydrogen-bond donors (Lipinski definition) is 1. The number of nitrogens with zero attached hydrogens (tertiary/aromatic N) is 2. The van der Waals surface area contributed by atoms with E-state index in [0.29, 0.717) is 37.2 Å². The molecular weight excluding hydrogens is 361 g/mol. The molecular formula is C13H19BrFN3O2S. The summed E-state index contributed by atoms with van der Waals surface area (Å²) in [5, 5.41) is 0. The van der Waals surface area contributed by atoms with E-state index in [1.54, 1.807) is 6.07 Å². The maximum atomic E-state index is 13.2. The minimum absolute atomic E-state index is 0.0540. The average Bonchev–Trinajstić information content (AvgIpc) is 2.41. The predicted molar refractivity (Wildman–Crippen MR) is 83.9 cm³/mol. The van der Waals surface area contributed by atoms with Crippen LogP contribution in [0.5, 0.6) is 0 Å². The Morgan fingerprint density at radius 1 is 1.33 bits per heavy atom. The molecule has 1 unspecified atom stereocenters. The first-order valence-electron chi connectivity index (χ1n) is 6.67. The van der Waals surface area contributed by atoms with Crippen molar-refractivity contribution >= 4 is 26.0 Å². The van der Waals surface area contributed by atoms with Crippen LogP contribution in [0.4, 0.5) is 4.39 Å². The molecule has 2 rings (SSSR count). The summed E-state index contributed by atoms with van der Waals surface area (Å²) in [7, 11) is -3.14. The van der Waals surface area contributed by atoms with Gasteiger partial charge in [-0.2, -0.15) is 4.31 Å². The highest BCUT2D eigenvalue weighted by atomic mass is 79.9. The van der Waals surface area contributed by atoms with Crippen LogP contribution in [0.3, 0.4) is 0 Å². The molecule has 1 atom stereocenters. The monoisotopic (exact) mass is 379 g/mol. The maximum Gasteiger partial charge on any atom is 0.211 e. The van der Waals surface area contributed by atoms with Crippen LogP contribution >= 0.6 is 15.9 Å². The fourth-order valence-corrected chi connectivity index (χ4v) is 4.03. The Labute approximate surface area is 133 Å². The quantitative estimate of drug-likeness (QED) is 0.852. The lowest BCUT2D eigenvalue weighted by molar-refractivity contribution is 0.140. The summed E-state index contributed by atoms with van der Waals surface area (Å²) in [4.78, 5) is 2.14. The first kappa shape index (κ1) is 16.8. The van der Waals surface area contributed by atoms with Gasteiger partial charge in [0.1, 0.15) is 5.82 Å². The molecule has 1 heterocycles. The highest BCUT2D eigenvalue weighted by Gasteiger charge is 2.28. The molecule has 5 nitrogen and oxygen atoms in total. The Kier molecular flexibility index (Phi) is 5.37. The summed E-state index contributed by atoms with van der Waals surface area (Å²) in [6, 6.07) is 4.50. The van der Waals surface area contributed by atoms with Gasteiger partial charge in [0.05, 0.1) is 6.26 Å². The second-order valence-corrected chi connectivity index (χ2v) is 7.95. The zero-order valence-electron chi connectivity index (χ0n) is 11.8. The van der Waals surface area contributed by atoms with Crippen molar-refractivity contribution in [3.8, 4) is 0 Å². The van der Waals surface area contributed by atoms with Crippen LogP contribution in [-0.4, -0.2) is 56.6 Å². The van der Waals surface area contributed by atoms with Crippen molar-refractivity contribution in [2.45, 2.75) is 6.04 Å². The predicted octanol–water partition coefficient (Wildman–Crippen LogP) is 1.17. The molecule has 0 bridgehead atoms. The Bertz CT molecular complexity index is 603. The van der Waals surface area contributed by atoms with Crippen LogP contribution in [0.2, 0.25) is 0 Å². The smallest absolute Gasteiger partial charge is 0.211 e. The fraction of sp³-hybridized carbons (Fsp3) is 0.538. The summed E-state index contributed by atoms with van der Waals surface area (Å²) < 4.78 is 38.4. The van der Waals surface area contributed by atoms with Crippen LogP contribution < -0.4 is 5.73 Å². The molecule has 0 aromatic heterocycles. The molecule has 0 saturated carbocycles. The number of nitrogens with two attached hydrogens (primary N) is 1. The van der Waals surface area contributed by atoms with Crippen LogP contribution in [-0.2, 0) is 10.0 Å². The molecule has 1 aromatic carbocycles. The number of halogens is 2. The number of rotatable bonds is 4. The molecule has 1 saturated heterocycles. The molecule has 0 radical (unpaired) electrons. The molecule has 0 aliphatic carbocycles. The summed E-state index contributed by atoms with van der Waals surface area (Å²) >= 11 is 3.37. The lowest BCUT2D eigenvalue weighted by Gasteiger charge is -2.38. The van der Waals surface area contributed by atoms with E-state index in [9.17, 15) is 12.8 Å². The topological polar surface area (TPSA) is 66.6 Å². The molecule has 8 heteroatoms. The standard InChI is InChI=1S/C13H19BrFN3O2S/c1-21(19,20)18-6-4-17(5-7-18)13(9-16)11-3-2-10(15)8-12(11)14/h2-3,8,13H,4-7,9,16H2,1H3. The number of sulfonamides is 1. The first-order chi connectivity index (χ1) is 9.82. The van der Waals surface area contributed by atoms with Gasteiger partial charge in [-0.3, -0.25) is 4.90 Å². The normalized spacial score (nSPS) is 19.6. The van der Waals surface area contributed by atoms with Gasteiger partial charge in [0, 0.05) is 43.2 Å². The molecule has 21 heavy (non-hydrogen) atoms. The first-order valence-corrected chi connectivity index (χ1v) is 9.31. The van der Waals surface area contributed by atoms with Crippen molar-refractivity contribution in [1.82, 2.24) is 9.21 Å². The van der Waals surface area contributed by atoms with Gasteiger partial charge in [0.25, 0.3) is 0 Å². The second-order valence-electron chi connectivity index (χ2n) is 5.12. The van der Waals surface area contributed by atoms with E-state index in [1.807, 2.05) is 0 Å². The Morgan fingerprint density at radius 2 is 1.95 bits per heavy atom. The van der Waals surface area contributed by atoms with E-state index in [0.717, 1.165) is 5.56 Å². The van der Waals surface area contributed by atoms with Crippen LogP contribution in [0.25, 0.3) is 0 Å². The summed E-state index contributed by atoms with van der Waals surface area (Å²) in [6.45, 7) is 2.52. The average molecular weight is 380 g/mol. The van der Waals surface area contributed by atoms with Crippen LogP contribution in [0.15, 0.2) is 22.7 Å². The van der Waals surface area contributed by atoms with Gasteiger partial charge in [-0.05, 0) is 17.7 Å². The third-order valence-electron chi connectivity index (χ3n) is 3.73. The molecule has 118 valence electrons. The minimum Gasteiger partial charge on any atom is -0.329 e. The van der Waals surface area contributed by atoms with E-state index in [-0.39, 0.29) is 11.9 Å². The molecule has 1 aromatic rings. The largest absolute Gasteiger partial charge is 0.329 e. The van der Waals surface area contributed by atoms with Gasteiger partial charge in [-0.15, -0.1) is 0 Å². The number of piperazine rings is 1. The van der Waals surface area contributed by atoms with Gasteiger partial charge >= 0.3 is 0 Å². The summed E-state index contributed by atoms with van der Waals surface area (Å²) in [5.74, 6) is -0.303. The van der Waals surface area contributed by atoms with Crippen molar-refractivity contribution in [3.05, 3.63) is 34.1 Å². The second kappa shape index (κ2) is 6.70. The van der Waals surface area contributed by atoms with Crippen molar-refractivity contribution < 1.29 is 12.8 Å². The maximum absolute atomic E-state index is 13.2. The molecule has 0 amide bonds. The van der Waals surface area contributed by atoms with Gasteiger partial charge < -0.3 is 5.73 Å². The van der Waals surface area contributed by atoms with E-state index in [2.05, 4.69) is 20.8 Å². The highest BCUT2D eigenvalue weighted by Crippen LogP contribution is 2.29. The number of benzene rings is 1. The zero-order chi connectivity index (χ0) is 15.6. The third kappa shape index (κ3) is 4.01. The Hall–Kier alpha value is -0.540. The molecule has 0 spiro atoms. The van der Waals surface area contributed by atoms with Gasteiger partial charge in [-0.25, -0.2) is 12.8 Å². The summed E-state index contributed by atoms with van der Waals surface area (Å²) in [5.41, 5.74) is 6.80. The van der Waals surface area contributed by atoms with E-state index in [1.165, 1.54) is 22.7 Å². The van der Waals surface area contributed by atoms with Gasteiger partial charge in [-0.1, -0.05) is 22.0 Å².